The van der Waals surface area contributed by atoms with Gasteiger partial charge in [0.15, 0.2) is 0 Å². The molecule has 0 saturated carbocycles. The summed E-state index contributed by atoms with van der Waals surface area (Å²) in [6, 6.07) is 7.79. The molecule has 0 radical (unpaired) electrons. The standard InChI is InChI=1S/C13H16N2O4S/c1-10(8-14)9-15(2)20(17,18)12-7-5-4-6-11(12)13(16)19-3/h4-7,10H,9H2,1-3H3. The van der Waals surface area contributed by atoms with Crippen LogP contribution in [0.25, 0.3) is 0 Å². The van der Waals surface area contributed by atoms with E-state index < -0.39 is 21.9 Å². The zero-order valence-electron chi connectivity index (χ0n) is 11.5. The Bertz CT molecular complexity index is 634. The van der Waals surface area contributed by atoms with Crippen LogP contribution in [0.1, 0.15) is 17.3 Å². The summed E-state index contributed by atoms with van der Waals surface area (Å²) < 4.78 is 30.5. The minimum Gasteiger partial charge on any atom is -0.465 e. The van der Waals surface area contributed by atoms with Crippen molar-refractivity contribution in [3.05, 3.63) is 29.8 Å². The number of hydrogen-bond acceptors (Lipinski definition) is 5. The van der Waals surface area contributed by atoms with Gasteiger partial charge in [0.2, 0.25) is 10.0 Å². The third-order valence-electron chi connectivity index (χ3n) is 2.73. The summed E-state index contributed by atoms with van der Waals surface area (Å²) in [6.07, 6.45) is 0. The summed E-state index contributed by atoms with van der Waals surface area (Å²) >= 11 is 0. The maximum Gasteiger partial charge on any atom is 0.339 e. The number of nitrogens with zero attached hydrogens (tertiary/aromatic N) is 2. The molecule has 1 aromatic carbocycles. The van der Waals surface area contributed by atoms with Crippen LogP contribution in [0, 0.1) is 17.2 Å². The van der Waals surface area contributed by atoms with Crippen molar-refractivity contribution in [1.29, 1.82) is 5.26 Å². The van der Waals surface area contributed by atoms with Gasteiger partial charge < -0.3 is 4.74 Å². The maximum absolute atomic E-state index is 12.4. The summed E-state index contributed by atoms with van der Waals surface area (Å²) in [5.41, 5.74) is -0.0218. The van der Waals surface area contributed by atoms with E-state index in [-0.39, 0.29) is 17.0 Å². The summed E-state index contributed by atoms with van der Waals surface area (Å²) in [5, 5.41) is 8.76. The van der Waals surface area contributed by atoms with Gasteiger partial charge in [0.1, 0.15) is 0 Å². The van der Waals surface area contributed by atoms with E-state index in [9.17, 15) is 13.2 Å². The van der Waals surface area contributed by atoms with Crippen molar-refractivity contribution in [2.24, 2.45) is 5.92 Å². The molecule has 0 aromatic heterocycles. The summed E-state index contributed by atoms with van der Waals surface area (Å²) in [7, 11) is -1.29. The van der Waals surface area contributed by atoms with Crippen LogP contribution in [0.4, 0.5) is 0 Å². The number of rotatable bonds is 5. The van der Waals surface area contributed by atoms with Crippen molar-refractivity contribution in [3.63, 3.8) is 0 Å². The van der Waals surface area contributed by atoms with Crippen molar-refractivity contribution in [3.8, 4) is 6.07 Å². The molecule has 20 heavy (non-hydrogen) atoms. The average molecular weight is 296 g/mol. The Morgan fingerprint density at radius 1 is 1.45 bits per heavy atom. The highest BCUT2D eigenvalue weighted by Crippen LogP contribution is 2.20. The van der Waals surface area contributed by atoms with Crippen LogP contribution in [-0.4, -0.2) is 39.4 Å². The number of nitriles is 1. The monoisotopic (exact) mass is 296 g/mol. The van der Waals surface area contributed by atoms with E-state index in [2.05, 4.69) is 4.74 Å². The van der Waals surface area contributed by atoms with Crippen LogP contribution in [-0.2, 0) is 14.8 Å². The van der Waals surface area contributed by atoms with E-state index >= 15 is 0 Å². The van der Waals surface area contributed by atoms with E-state index in [1.165, 1.54) is 32.4 Å². The molecule has 1 rings (SSSR count). The summed E-state index contributed by atoms with van der Waals surface area (Å²) in [5.74, 6) is -1.16. The van der Waals surface area contributed by atoms with Crippen molar-refractivity contribution < 1.29 is 17.9 Å². The van der Waals surface area contributed by atoms with Crippen molar-refractivity contribution in [2.75, 3.05) is 20.7 Å². The first-order chi connectivity index (χ1) is 9.34. The van der Waals surface area contributed by atoms with Gasteiger partial charge in [-0.15, -0.1) is 0 Å². The van der Waals surface area contributed by atoms with Gasteiger partial charge in [0.25, 0.3) is 0 Å². The fourth-order valence-corrected chi connectivity index (χ4v) is 3.10. The van der Waals surface area contributed by atoms with E-state index in [4.69, 9.17) is 5.26 Å². The van der Waals surface area contributed by atoms with Crippen LogP contribution in [0.15, 0.2) is 29.2 Å². The zero-order valence-corrected chi connectivity index (χ0v) is 12.3. The first kappa shape index (κ1) is 16.1. The third-order valence-corrected chi connectivity index (χ3v) is 4.61. The number of methoxy groups -OCH3 is 1. The summed E-state index contributed by atoms with van der Waals surface area (Å²) in [4.78, 5) is 11.5. The first-order valence-corrected chi connectivity index (χ1v) is 7.32. The molecule has 0 aliphatic rings. The fraction of sp³-hybridized carbons (Fsp3) is 0.385. The Balaban J connectivity index is 3.23. The molecule has 0 N–H and O–H groups in total. The highest BCUT2D eigenvalue weighted by atomic mass is 32.2. The second-order valence-corrected chi connectivity index (χ2v) is 6.32. The van der Waals surface area contributed by atoms with Crippen LogP contribution >= 0.6 is 0 Å². The SMILES string of the molecule is COC(=O)c1ccccc1S(=O)(=O)N(C)CC(C)C#N. The van der Waals surface area contributed by atoms with Crippen LogP contribution in [0.3, 0.4) is 0 Å². The number of benzene rings is 1. The van der Waals surface area contributed by atoms with Gasteiger partial charge >= 0.3 is 5.97 Å². The molecular weight excluding hydrogens is 280 g/mol. The summed E-state index contributed by atoms with van der Waals surface area (Å²) in [6.45, 7) is 1.67. The minimum atomic E-state index is -3.85. The van der Waals surface area contributed by atoms with E-state index in [0.29, 0.717) is 0 Å². The zero-order chi connectivity index (χ0) is 15.3. The van der Waals surface area contributed by atoms with Gasteiger partial charge in [0, 0.05) is 13.6 Å². The highest BCUT2D eigenvalue weighted by molar-refractivity contribution is 7.89. The van der Waals surface area contributed by atoms with Gasteiger partial charge in [-0.3, -0.25) is 0 Å². The lowest BCUT2D eigenvalue weighted by Crippen LogP contribution is -2.31. The van der Waals surface area contributed by atoms with Crippen LogP contribution < -0.4 is 0 Å². The molecule has 0 bridgehead atoms. The second-order valence-electron chi connectivity index (χ2n) is 4.30. The molecule has 6 nitrogen and oxygen atoms in total. The number of carbonyl (C=O) groups is 1. The number of ether oxygens (including phenoxy) is 1. The van der Waals surface area contributed by atoms with Crippen LogP contribution in [0.2, 0.25) is 0 Å². The quantitative estimate of drug-likeness (QED) is 0.763. The number of sulfonamides is 1. The highest BCUT2D eigenvalue weighted by Gasteiger charge is 2.27. The first-order valence-electron chi connectivity index (χ1n) is 5.88. The largest absolute Gasteiger partial charge is 0.465 e. The van der Waals surface area contributed by atoms with Crippen molar-refractivity contribution >= 4 is 16.0 Å². The van der Waals surface area contributed by atoms with Crippen molar-refractivity contribution in [1.82, 2.24) is 4.31 Å². The van der Waals surface area contributed by atoms with E-state index in [1.54, 1.807) is 13.0 Å². The van der Waals surface area contributed by atoms with Crippen molar-refractivity contribution in [2.45, 2.75) is 11.8 Å². The Morgan fingerprint density at radius 3 is 2.60 bits per heavy atom. The molecular formula is C13H16N2O4S. The van der Waals surface area contributed by atoms with Gasteiger partial charge in [-0.05, 0) is 19.1 Å². The van der Waals surface area contributed by atoms with Gasteiger partial charge in [0.05, 0.1) is 29.6 Å². The third kappa shape index (κ3) is 3.35. The molecule has 0 amide bonds. The molecule has 108 valence electrons. The molecule has 1 aromatic rings. The molecule has 1 atom stereocenters. The molecule has 1 unspecified atom stereocenters. The molecule has 0 aliphatic heterocycles. The molecule has 0 spiro atoms. The Morgan fingerprint density at radius 2 is 2.05 bits per heavy atom. The predicted molar refractivity (Wildman–Crippen MR) is 72.4 cm³/mol. The number of hydrogen-bond donors (Lipinski definition) is 0. The van der Waals surface area contributed by atoms with Gasteiger partial charge in [-0.25, -0.2) is 13.2 Å². The fourth-order valence-electron chi connectivity index (χ4n) is 1.66. The topological polar surface area (TPSA) is 87.5 Å². The minimum absolute atomic E-state index is 0.0218. The lowest BCUT2D eigenvalue weighted by Gasteiger charge is -2.19. The maximum atomic E-state index is 12.4. The normalized spacial score (nSPS) is 12.8. The van der Waals surface area contributed by atoms with Gasteiger partial charge in [-0.1, -0.05) is 12.1 Å². The van der Waals surface area contributed by atoms with Crippen LogP contribution in [0.5, 0.6) is 0 Å². The van der Waals surface area contributed by atoms with Gasteiger partial charge in [-0.2, -0.15) is 9.57 Å². The molecule has 0 heterocycles. The molecule has 0 fully saturated rings. The Kier molecular flexibility index (Phi) is 5.25. The molecule has 0 saturated heterocycles. The number of carbonyl (C=O) groups excluding carboxylic acids is 1. The van der Waals surface area contributed by atoms with E-state index in [0.717, 1.165) is 4.31 Å². The predicted octanol–water partition coefficient (Wildman–Crippen LogP) is 1.25. The molecule has 7 heteroatoms. The lowest BCUT2D eigenvalue weighted by atomic mass is 10.2. The Labute approximate surface area is 118 Å². The average Bonchev–Trinajstić information content (AvgIpc) is 2.46. The number of esters is 1. The lowest BCUT2D eigenvalue weighted by molar-refractivity contribution is 0.0596. The van der Waals surface area contributed by atoms with E-state index in [1.807, 2.05) is 6.07 Å². The smallest absolute Gasteiger partial charge is 0.339 e. The Hall–Kier alpha value is -1.91. The molecule has 0 aliphatic carbocycles. The second kappa shape index (κ2) is 6.50.